The van der Waals surface area contributed by atoms with Crippen LogP contribution in [0.1, 0.15) is 37.5 Å². The number of carbonyl (C=O) groups excluding carboxylic acids is 2. The van der Waals surface area contributed by atoms with Crippen LogP contribution in [-0.4, -0.2) is 42.6 Å². The lowest BCUT2D eigenvalue weighted by Gasteiger charge is -2.29. The average molecular weight is 358 g/mol. The smallest absolute Gasteiger partial charge is 0.225 e. The van der Waals surface area contributed by atoms with Gasteiger partial charge in [0.2, 0.25) is 11.8 Å². The molecule has 0 bridgehead atoms. The number of hydrogen-bond donors (Lipinski definition) is 1. The maximum atomic E-state index is 12.2. The van der Waals surface area contributed by atoms with E-state index >= 15 is 0 Å². The summed E-state index contributed by atoms with van der Waals surface area (Å²) >= 11 is 0. The third-order valence-electron chi connectivity index (χ3n) is 4.62. The van der Waals surface area contributed by atoms with Crippen LogP contribution in [-0.2, 0) is 35.8 Å². The minimum Gasteiger partial charge on any atom is -0.350 e. The molecule has 2 aromatic heterocycles. The number of fused-ring (bicyclic) bond motifs is 1. The maximum Gasteiger partial charge on any atom is 0.225 e. The Morgan fingerprint density at radius 1 is 1.31 bits per heavy atom. The van der Waals surface area contributed by atoms with Crippen LogP contribution in [0, 0.1) is 12.8 Å². The summed E-state index contributed by atoms with van der Waals surface area (Å²) in [7, 11) is 0. The first kappa shape index (κ1) is 18.2. The fourth-order valence-corrected chi connectivity index (χ4v) is 3.11. The van der Waals surface area contributed by atoms with Gasteiger partial charge in [-0.1, -0.05) is 13.8 Å². The van der Waals surface area contributed by atoms with Crippen molar-refractivity contribution >= 4 is 11.8 Å². The van der Waals surface area contributed by atoms with Gasteiger partial charge < -0.3 is 14.8 Å². The predicted molar refractivity (Wildman–Crippen MR) is 95.9 cm³/mol. The molecule has 0 fully saturated rings. The number of imidazole rings is 1. The fourth-order valence-electron chi connectivity index (χ4n) is 3.11. The number of aryl methyl sites for hydroxylation is 2. The van der Waals surface area contributed by atoms with Crippen molar-refractivity contribution in [2.24, 2.45) is 5.92 Å². The molecule has 1 aliphatic rings. The molecule has 1 aliphatic heterocycles. The van der Waals surface area contributed by atoms with Gasteiger partial charge in [-0.3, -0.25) is 14.3 Å². The SMILES string of the molecule is Cc1nccn1CCC(=O)NCc1cc2n(n1)CCN(C(=O)C(C)C)C2. The van der Waals surface area contributed by atoms with Crippen LogP contribution in [0.25, 0.3) is 0 Å². The molecule has 8 nitrogen and oxygen atoms in total. The van der Waals surface area contributed by atoms with E-state index in [9.17, 15) is 9.59 Å². The molecule has 1 N–H and O–H groups in total. The molecule has 3 rings (SSSR count). The highest BCUT2D eigenvalue weighted by molar-refractivity contribution is 5.78. The molecule has 0 radical (unpaired) electrons. The first-order valence-electron chi connectivity index (χ1n) is 9.03. The standard InChI is InChI=1S/C18H26N6O2/c1-13(2)18(26)23-8-9-24-16(12-23)10-15(21-24)11-20-17(25)4-6-22-7-5-19-14(22)3/h5,7,10,13H,4,6,8-9,11-12H2,1-3H3,(H,20,25). The van der Waals surface area contributed by atoms with Crippen molar-refractivity contribution in [2.75, 3.05) is 6.54 Å². The Morgan fingerprint density at radius 2 is 2.12 bits per heavy atom. The molecule has 0 saturated carbocycles. The number of amides is 2. The second kappa shape index (κ2) is 7.72. The Morgan fingerprint density at radius 3 is 2.81 bits per heavy atom. The van der Waals surface area contributed by atoms with Gasteiger partial charge >= 0.3 is 0 Å². The number of nitrogens with zero attached hydrogens (tertiary/aromatic N) is 5. The van der Waals surface area contributed by atoms with Crippen LogP contribution < -0.4 is 5.32 Å². The Labute approximate surface area is 153 Å². The zero-order chi connectivity index (χ0) is 18.7. The molecule has 0 atom stereocenters. The van der Waals surface area contributed by atoms with Crippen LogP contribution in [0.3, 0.4) is 0 Å². The first-order valence-corrected chi connectivity index (χ1v) is 9.03. The number of nitrogens with one attached hydrogen (secondary N) is 1. The molecule has 0 saturated heterocycles. The lowest BCUT2D eigenvalue weighted by atomic mass is 10.1. The zero-order valence-corrected chi connectivity index (χ0v) is 15.6. The van der Waals surface area contributed by atoms with Gasteiger partial charge in [-0.25, -0.2) is 4.98 Å². The zero-order valence-electron chi connectivity index (χ0n) is 15.6. The monoisotopic (exact) mass is 358 g/mol. The van der Waals surface area contributed by atoms with Crippen LogP contribution in [0.2, 0.25) is 0 Å². The molecule has 8 heteroatoms. The van der Waals surface area contributed by atoms with Gasteiger partial charge in [0.15, 0.2) is 0 Å². The van der Waals surface area contributed by atoms with Crippen LogP contribution in [0.15, 0.2) is 18.5 Å². The van der Waals surface area contributed by atoms with Crippen LogP contribution in [0.5, 0.6) is 0 Å². The number of hydrogen-bond acceptors (Lipinski definition) is 4. The minimum absolute atomic E-state index is 0.00219. The fraction of sp³-hybridized carbons (Fsp3) is 0.556. The minimum atomic E-state index is -0.0133. The van der Waals surface area contributed by atoms with E-state index in [4.69, 9.17) is 0 Å². The van der Waals surface area contributed by atoms with Crippen LogP contribution >= 0.6 is 0 Å². The summed E-state index contributed by atoms with van der Waals surface area (Å²) in [6.45, 7) is 8.73. The van der Waals surface area contributed by atoms with Gasteiger partial charge in [-0.05, 0) is 13.0 Å². The summed E-state index contributed by atoms with van der Waals surface area (Å²) in [5, 5.41) is 7.45. The molecule has 3 heterocycles. The van der Waals surface area contributed by atoms with Gasteiger partial charge in [0.1, 0.15) is 5.82 Å². The van der Waals surface area contributed by atoms with Crippen LogP contribution in [0.4, 0.5) is 0 Å². The Hall–Kier alpha value is -2.64. The van der Waals surface area contributed by atoms with E-state index in [0.717, 1.165) is 17.2 Å². The van der Waals surface area contributed by atoms with Gasteiger partial charge in [-0.15, -0.1) is 0 Å². The highest BCUT2D eigenvalue weighted by atomic mass is 16.2. The molecule has 0 aliphatic carbocycles. The van der Waals surface area contributed by atoms with E-state index in [1.807, 2.05) is 47.2 Å². The van der Waals surface area contributed by atoms with E-state index in [0.29, 0.717) is 39.1 Å². The third-order valence-corrected chi connectivity index (χ3v) is 4.62. The van der Waals surface area contributed by atoms with Gasteiger partial charge in [0.05, 0.1) is 31.0 Å². The van der Waals surface area contributed by atoms with Crippen molar-refractivity contribution in [3.05, 3.63) is 35.7 Å². The largest absolute Gasteiger partial charge is 0.350 e. The lowest BCUT2D eigenvalue weighted by Crippen LogP contribution is -2.40. The van der Waals surface area contributed by atoms with Crippen molar-refractivity contribution < 1.29 is 9.59 Å². The Kier molecular flexibility index (Phi) is 5.39. The second-order valence-corrected chi connectivity index (χ2v) is 6.96. The molecule has 26 heavy (non-hydrogen) atoms. The molecule has 2 aromatic rings. The summed E-state index contributed by atoms with van der Waals surface area (Å²) < 4.78 is 3.88. The topological polar surface area (TPSA) is 85.1 Å². The van der Waals surface area contributed by atoms with Crippen molar-refractivity contribution in [3.8, 4) is 0 Å². The lowest BCUT2D eigenvalue weighted by molar-refractivity contribution is -0.136. The highest BCUT2D eigenvalue weighted by Crippen LogP contribution is 2.16. The summed E-state index contributed by atoms with van der Waals surface area (Å²) in [5.74, 6) is 1.06. The maximum absolute atomic E-state index is 12.2. The third kappa shape index (κ3) is 4.12. The second-order valence-electron chi connectivity index (χ2n) is 6.96. The number of carbonyl (C=O) groups is 2. The first-order chi connectivity index (χ1) is 12.4. The van der Waals surface area contributed by atoms with E-state index in [2.05, 4.69) is 15.4 Å². The summed E-state index contributed by atoms with van der Waals surface area (Å²) in [6, 6.07) is 1.97. The molecule has 0 spiro atoms. The number of rotatable bonds is 6. The molecular formula is C18H26N6O2. The molecule has 0 aromatic carbocycles. The summed E-state index contributed by atoms with van der Waals surface area (Å²) in [4.78, 5) is 30.2. The molecular weight excluding hydrogens is 332 g/mol. The summed E-state index contributed by atoms with van der Waals surface area (Å²) in [6.07, 6.45) is 4.01. The Bertz CT molecular complexity index is 791. The van der Waals surface area contributed by atoms with Gasteiger partial charge in [0, 0.05) is 37.8 Å². The normalized spacial score (nSPS) is 13.8. The Balaban J connectivity index is 1.50. The quantitative estimate of drug-likeness (QED) is 0.838. The molecule has 0 unspecified atom stereocenters. The van der Waals surface area contributed by atoms with Gasteiger partial charge in [0.25, 0.3) is 0 Å². The van der Waals surface area contributed by atoms with E-state index in [1.54, 1.807) is 6.20 Å². The van der Waals surface area contributed by atoms with Gasteiger partial charge in [-0.2, -0.15) is 5.10 Å². The number of aromatic nitrogens is 4. The molecule has 140 valence electrons. The molecule has 2 amide bonds. The predicted octanol–water partition coefficient (Wildman–Crippen LogP) is 1.09. The summed E-state index contributed by atoms with van der Waals surface area (Å²) in [5.41, 5.74) is 1.84. The van der Waals surface area contributed by atoms with E-state index in [1.165, 1.54) is 0 Å². The van der Waals surface area contributed by atoms with Crippen molar-refractivity contribution in [3.63, 3.8) is 0 Å². The average Bonchev–Trinajstić information content (AvgIpc) is 3.22. The van der Waals surface area contributed by atoms with E-state index in [-0.39, 0.29) is 17.7 Å². The van der Waals surface area contributed by atoms with Crippen molar-refractivity contribution in [1.82, 2.24) is 29.5 Å². The van der Waals surface area contributed by atoms with Crippen molar-refractivity contribution in [1.29, 1.82) is 0 Å². The van der Waals surface area contributed by atoms with Crippen molar-refractivity contribution in [2.45, 2.75) is 53.4 Å². The van der Waals surface area contributed by atoms with E-state index < -0.39 is 0 Å². The highest BCUT2D eigenvalue weighted by Gasteiger charge is 2.23.